The highest BCUT2D eigenvalue weighted by molar-refractivity contribution is 5.39. The Bertz CT molecular complexity index is 328. The molecule has 3 nitrogen and oxygen atoms in total. The van der Waals surface area contributed by atoms with Crippen molar-refractivity contribution in [1.82, 2.24) is 0 Å². The Kier molecular flexibility index (Phi) is 7.26. The maximum absolute atomic E-state index is 5.92. The van der Waals surface area contributed by atoms with Crippen molar-refractivity contribution in [1.29, 1.82) is 0 Å². The Labute approximate surface area is 110 Å². The van der Waals surface area contributed by atoms with Gasteiger partial charge >= 0.3 is 0 Å². The summed E-state index contributed by atoms with van der Waals surface area (Å²) in [6.07, 6.45) is 4.31. The van der Waals surface area contributed by atoms with E-state index < -0.39 is 0 Å². The van der Waals surface area contributed by atoms with Crippen LogP contribution in [-0.2, 0) is 0 Å². The maximum atomic E-state index is 5.92. The van der Waals surface area contributed by atoms with Gasteiger partial charge in [0.25, 0.3) is 0 Å². The molecule has 0 saturated carbocycles. The van der Waals surface area contributed by atoms with Crippen molar-refractivity contribution in [3.05, 3.63) is 24.3 Å². The third kappa shape index (κ3) is 4.96. The summed E-state index contributed by atoms with van der Waals surface area (Å²) in [4.78, 5) is 0. The van der Waals surface area contributed by atoms with Gasteiger partial charge in [-0.05, 0) is 25.0 Å². The van der Waals surface area contributed by atoms with E-state index in [4.69, 9.17) is 15.2 Å². The van der Waals surface area contributed by atoms with E-state index in [1.54, 1.807) is 0 Å². The third-order valence-electron chi connectivity index (χ3n) is 2.77. The molecule has 1 unspecified atom stereocenters. The van der Waals surface area contributed by atoms with Gasteiger partial charge in [0.1, 0.15) is 6.10 Å². The lowest BCUT2D eigenvalue weighted by Crippen LogP contribution is -2.26. The van der Waals surface area contributed by atoms with Crippen LogP contribution < -0.4 is 15.2 Å². The predicted molar refractivity (Wildman–Crippen MR) is 75.2 cm³/mol. The van der Waals surface area contributed by atoms with E-state index in [1.165, 1.54) is 0 Å². The van der Waals surface area contributed by atoms with Crippen LogP contribution in [0.5, 0.6) is 11.5 Å². The fraction of sp³-hybridized carbons (Fsp3) is 0.600. The number of benzene rings is 1. The summed E-state index contributed by atoms with van der Waals surface area (Å²) in [5.41, 5.74) is 5.71. The summed E-state index contributed by atoms with van der Waals surface area (Å²) in [6, 6.07) is 7.82. The minimum Gasteiger partial charge on any atom is -0.490 e. The zero-order chi connectivity index (χ0) is 13.2. The minimum atomic E-state index is 0.0749. The minimum absolute atomic E-state index is 0.0749. The van der Waals surface area contributed by atoms with E-state index in [2.05, 4.69) is 13.8 Å². The monoisotopic (exact) mass is 251 g/mol. The number of rotatable bonds is 9. The first-order valence-corrected chi connectivity index (χ1v) is 6.90. The molecule has 0 aromatic heterocycles. The van der Waals surface area contributed by atoms with Crippen molar-refractivity contribution in [2.24, 2.45) is 5.73 Å². The third-order valence-corrected chi connectivity index (χ3v) is 2.77. The fourth-order valence-electron chi connectivity index (χ4n) is 1.72. The molecule has 0 bridgehead atoms. The molecule has 1 atom stereocenters. The van der Waals surface area contributed by atoms with E-state index in [0.717, 1.165) is 43.8 Å². The Balaban J connectivity index is 2.62. The lowest BCUT2D eigenvalue weighted by Gasteiger charge is -2.19. The lowest BCUT2D eigenvalue weighted by molar-refractivity contribution is 0.185. The first-order chi connectivity index (χ1) is 8.81. The predicted octanol–water partition coefficient (Wildman–Crippen LogP) is 3.37. The van der Waals surface area contributed by atoms with Gasteiger partial charge in [0.2, 0.25) is 0 Å². The van der Waals surface area contributed by atoms with Crippen molar-refractivity contribution < 1.29 is 9.47 Å². The molecule has 102 valence electrons. The maximum Gasteiger partial charge on any atom is 0.161 e. The van der Waals surface area contributed by atoms with Gasteiger partial charge in [-0.3, -0.25) is 0 Å². The number of nitrogens with two attached hydrogens (primary N) is 1. The Hall–Kier alpha value is -1.22. The highest BCUT2D eigenvalue weighted by atomic mass is 16.5. The molecule has 0 aliphatic carbocycles. The summed E-state index contributed by atoms with van der Waals surface area (Å²) in [5, 5.41) is 0. The second-order valence-corrected chi connectivity index (χ2v) is 4.41. The fourth-order valence-corrected chi connectivity index (χ4v) is 1.72. The lowest BCUT2D eigenvalue weighted by atomic mass is 10.2. The molecular formula is C15H25NO2. The summed E-state index contributed by atoms with van der Waals surface area (Å²) in [5.74, 6) is 1.62. The second kappa shape index (κ2) is 8.81. The summed E-state index contributed by atoms with van der Waals surface area (Å²) in [6.45, 7) is 5.56. The number of para-hydroxylation sites is 2. The van der Waals surface area contributed by atoms with Crippen LogP contribution >= 0.6 is 0 Å². The van der Waals surface area contributed by atoms with Crippen LogP contribution in [0.1, 0.15) is 39.5 Å². The number of hydrogen-bond acceptors (Lipinski definition) is 3. The molecule has 3 heteroatoms. The summed E-state index contributed by atoms with van der Waals surface area (Å²) >= 11 is 0. The molecule has 1 rings (SSSR count). The van der Waals surface area contributed by atoms with E-state index in [0.29, 0.717) is 6.54 Å². The van der Waals surface area contributed by atoms with Crippen molar-refractivity contribution in [3.8, 4) is 11.5 Å². The molecule has 0 amide bonds. The van der Waals surface area contributed by atoms with Gasteiger partial charge in [0.15, 0.2) is 11.5 Å². The van der Waals surface area contributed by atoms with E-state index in [-0.39, 0.29) is 6.10 Å². The molecule has 0 fully saturated rings. The Morgan fingerprint density at radius 3 is 2.44 bits per heavy atom. The van der Waals surface area contributed by atoms with Gasteiger partial charge in [0.05, 0.1) is 6.61 Å². The smallest absolute Gasteiger partial charge is 0.161 e. The van der Waals surface area contributed by atoms with Crippen molar-refractivity contribution in [2.75, 3.05) is 13.2 Å². The second-order valence-electron chi connectivity index (χ2n) is 4.41. The molecular weight excluding hydrogens is 226 g/mol. The number of hydrogen-bond donors (Lipinski definition) is 1. The molecule has 0 spiro atoms. The molecule has 1 aromatic rings. The zero-order valence-electron chi connectivity index (χ0n) is 11.5. The van der Waals surface area contributed by atoms with Crippen LogP contribution in [-0.4, -0.2) is 19.3 Å². The first-order valence-electron chi connectivity index (χ1n) is 6.90. The largest absolute Gasteiger partial charge is 0.490 e. The van der Waals surface area contributed by atoms with Gasteiger partial charge in [-0.1, -0.05) is 38.8 Å². The molecule has 0 saturated heterocycles. The molecule has 2 N–H and O–H groups in total. The van der Waals surface area contributed by atoms with Crippen molar-refractivity contribution in [2.45, 2.75) is 45.6 Å². The average Bonchev–Trinajstić information content (AvgIpc) is 2.40. The Morgan fingerprint density at radius 2 is 1.83 bits per heavy atom. The van der Waals surface area contributed by atoms with Gasteiger partial charge in [-0.15, -0.1) is 0 Å². The molecule has 0 radical (unpaired) electrons. The first kappa shape index (κ1) is 14.8. The van der Waals surface area contributed by atoms with Gasteiger partial charge < -0.3 is 15.2 Å². The molecule has 0 heterocycles. The van der Waals surface area contributed by atoms with Crippen LogP contribution in [0, 0.1) is 0 Å². The highest BCUT2D eigenvalue weighted by Crippen LogP contribution is 2.28. The van der Waals surface area contributed by atoms with Crippen LogP contribution in [0.2, 0.25) is 0 Å². The van der Waals surface area contributed by atoms with Gasteiger partial charge in [-0.25, -0.2) is 0 Å². The summed E-state index contributed by atoms with van der Waals surface area (Å²) < 4.78 is 11.7. The molecule has 1 aromatic carbocycles. The normalized spacial score (nSPS) is 12.2. The van der Waals surface area contributed by atoms with Gasteiger partial charge in [0, 0.05) is 6.54 Å². The van der Waals surface area contributed by atoms with E-state index in [9.17, 15) is 0 Å². The summed E-state index contributed by atoms with van der Waals surface area (Å²) in [7, 11) is 0. The van der Waals surface area contributed by atoms with Crippen molar-refractivity contribution >= 4 is 0 Å². The average molecular weight is 251 g/mol. The SMILES string of the molecule is CCCCOc1ccccc1OC(CN)CCC. The topological polar surface area (TPSA) is 44.5 Å². The van der Waals surface area contributed by atoms with Crippen molar-refractivity contribution in [3.63, 3.8) is 0 Å². The molecule has 0 aliphatic rings. The van der Waals surface area contributed by atoms with Crippen LogP contribution in [0.25, 0.3) is 0 Å². The molecule has 0 aliphatic heterocycles. The Morgan fingerprint density at radius 1 is 1.11 bits per heavy atom. The van der Waals surface area contributed by atoms with Crippen LogP contribution in [0.4, 0.5) is 0 Å². The zero-order valence-corrected chi connectivity index (χ0v) is 11.5. The standard InChI is InChI=1S/C15H25NO2/c1-3-5-11-17-14-9-6-7-10-15(14)18-13(12-16)8-4-2/h6-7,9-10,13H,3-5,8,11-12,16H2,1-2H3. The molecule has 18 heavy (non-hydrogen) atoms. The van der Waals surface area contributed by atoms with E-state index >= 15 is 0 Å². The highest BCUT2D eigenvalue weighted by Gasteiger charge is 2.11. The quantitative estimate of drug-likeness (QED) is 0.684. The van der Waals surface area contributed by atoms with E-state index in [1.807, 2.05) is 24.3 Å². The van der Waals surface area contributed by atoms with Crippen LogP contribution in [0.3, 0.4) is 0 Å². The van der Waals surface area contributed by atoms with Gasteiger partial charge in [-0.2, -0.15) is 0 Å². The number of unbranched alkanes of at least 4 members (excludes halogenated alkanes) is 1. The number of ether oxygens (including phenoxy) is 2. The van der Waals surface area contributed by atoms with Crippen LogP contribution in [0.15, 0.2) is 24.3 Å².